The zero-order chi connectivity index (χ0) is 16.0. The van der Waals surface area contributed by atoms with Crippen LogP contribution in [-0.2, 0) is 15.8 Å². The van der Waals surface area contributed by atoms with Crippen LogP contribution in [0.25, 0.3) is 0 Å². The number of benzene rings is 2. The first-order valence-electron chi connectivity index (χ1n) is 6.83. The van der Waals surface area contributed by atoms with E-state index in [9.17, 15) is 13.5 Å². The normalized spacial score (nSPS) is 13.0. The molecule has 0 saturated heterocycles. The molecule has 1 atom stereocenters. The third-order valence-electron chi connectivity index (χ3n) is 3.20. The third kappa shape index (κ3) is 5.14. The van der Waals surface area contributed by atoms with Crippen LogP contribution in [-0.4, -0.2) is 26.3 Å². The van der Waals surface area contributed by atoms with E-state index in [1.165, 1.54) is 0 Å². The largest absolute Gasteiger partial charge is 0.387 e. The molecule has 0 aliphatic heterocycles. The van der Waals surface area contributed by atoms with Crippen LogP contribution in [0, 0.1) is 0 Å². The van der Waals surface area contributed by atoms with Crippen molar-refractivity contribution in [2.75, 3.05) is 12.8 Å². The van der Waals surface area contributed by atoms with Crippen molar-refractivity contribution in [3.8, 4) is 0 Å². The Kier molecular flexibility index (Phi) is 6.02. The number of thioether (sulfide) groups is 1. The molecule has 0 aromatic heterocycles. The highest BCUT2D eigenvalue weighted by molar-refractivity contribution is 7.98. The summed E-state index contributed by atoms with van der Waals surface area (Å²) in [6.45, 7) is -0.0339. The van der Waals surface area contributed by atoms with Gasteiger partial charge in [-0.15, -0.1) is 11.8 Å². The van der Waals surface area contributed by atoms with Gasteiger partial charge in [0.1, 0.15) is 0 Å². The van der Waals surface area contributed by atoms with Gasteiger partial charge in [-0.25, -0.2) is 13.1 Å². The van der Waals surface area contributed by atoms with E-state index in [4.69, 9.17) is 0 Å². The maximum Gasteiger partial charge on any atom is 0.215 e. The van der Waals surface area contributed by atoms with Crippen LogP contribution in [0.4, 0.5) is 0 Å². The molecule has 2 aromatic rings. The van der Waals surface area contributed by atoms with Crippen LogP contribution in [0.15, 0.2) is 59.5 Å². The van der Waals surface area contributed by atoms with Crippen molar-refractivity contribution in [2.24, 2.45) is 0 Å². The summed E-state index contributed by atoms with van der Waals surface area (Å²) >= 11 is 1.61. The summed E-state index contributed by atoms with van der Waals surface area (Å²) in [6.07, 6.45) is 1.12. The van der Waals surface area contributed by atoms with E-state index in [0.29, 0.717) is 11.1 Å². The minimum Gasteiger partial charge on any atom is -0.387 e. The molecule has 22 heavy (non-hydrogen) atoms. The molecule has 1 unspecified atom stereocenters. The summed E-state index contributed by atoms with van der Waals surface area (Å²) in [5, 5.41) is 10.1. The van der Waals surface area contributed by atoms with Gasteiger partial charge in [-0.05, 0) is 29.5 Å². The van der Waals surface area contributed by atoms with E-state index < -0.39 is 16.1 Å². The van der Waals surface area contributed by atoms with Gasteiger partial charge in [-0.2, -0.15) is 0 Å². The molecule has 0 amide bonds. The van der Waals surface area contributed by atoms with Gasteiger partial charge in [0.15, 0.2) is 0 Å². The highest BCUT2D eigenvalue weighted by atomic mass is 32.2. The molecule has 0 heterocycles. The van der Waals surface area contributed by atoms with Crippen molar-refractivity contribution in [1.29, 1.82) is 0 Å². The first kappa shape index (κ1) is 17.0. The van der Waals surface area contributed by atoms with Gasteiger partial charge >= 0.3 is 0 Å². The maximum absolute atomic E-state index is 12.0. The number of aliphatic hydroxyl groups is 1. The molecule has 6 heteroatoms. The second kappa shape index (κ2) is 7.78. The quantitative estimate of drug-likeness (QED) is 0.762. The number of rotatable bonds is 7. The lowest BCUT2D eigenvalue weighted by atomic mass is 10.1. The molecule has 0 aliphatic carbocycles. The number of aliphatic hydroxyl groups excluding tert-OH is 1. The molecule has 0 saturated carbocycles. The van der Waals surface area contributed by atoms with Gasteiger partial charge in [0.05, 0.1) is 11.9 Å². The molecule has 2 rings (SSSR count). The standard InChI is InChI=1S/C16H19NO3S2/c1-21-15-9-7-14(8-10-15)16(18)11-17-22(19,20)12-13-5-3-2-4-6-13/h2-10,16-18H,11-12H2,1H3. The molecule has 0 fully saturated rings. The van der Waals surface area contributed by atoms with Gasteiger partial charge in [-0.1, -0.05) is 42.5 Å². The highest BCUT2D eigenvalue weighted by Gasteiger charge is 2.15. The lowest BCUT2D eigenvalue weighted by molar-refractivity contribution is 0.182. The Morgan fingerprint density at radius 1 is 1.09 bits per heavy atom. The van der Waals surface area contributed by atoms with Crippen LogP contribution in [0.3, 0.4) is 0 Å². The lowest BCUT2D eigenvalue weighted by Crippen LogP contribution is -2.29. The van der Waals surface area contributed by atoms with Crippen LogP contribution in [0.5, 0.6) is 0 Å². The first-order valence-corrected chi connectivity index (χ1v) is 9.71. The Balaban J connectivity index is 1.93. The summed E-state index contributed by atoms with van der Waals surface area (Å²) in [4.78, 5) is 1.10. The van der Waals surface area contributed by atoms with Crippen molar-refractivity contribution in [2.45, 2.75) is 16.8 Å². The van der Waals surface area contributed by atoms with E-state index in [-0.39, 0.29) is 12.3 Å². The zero-order valence-electron chi connectivity index (χ0n) is 12.3. The topological polar surface area (TPSA) is 66.4 Å². The Hall–Kier alpha value is -1.34. The van der Waals surface area contributed by atoms with E-state index >= 15 is 0 Å². The minimum absolute atomic E-state index is 0.0339. The average molecular weight is 337 g/mol. The van der Waals surface area contributed by atoms with E-state index in [1.54, 1.807) is 36.0 Å². The van der Waals surface area contributed by atoms with Crippen molar-refractivity contribution in [3.05, 3.63) is 65.7 Å². The van der Waals surface area contributed by atoms with Gasteiger partial charge in [0, 0.05) is 11.4 Å². The lowest BCUT2D eigenvalue weighted by Gasteiger charge is -2.13. The van der Waals surface area contributed by atoms with Gasteiger partial charge in [0.25, 0.3) is 0 Å². The minimum atomic E-state index is -3.46. The number of nitrogens with one attached hydrogen (secondary N) is 1. The van der Waals surface area contributed by atoms with Crippen LogP contribution in [0.2, 0.25) is 0 Å². The van der Waals surface area contributed by atoms with Gasteiger partial charge in [0.2, 0.25) is 10.0 Å². The average Bonchev–Trinajstić information content (AvgIpc) is 2.53. The molecule has 118 valence electrons. The van der Waals surface area contributed by atoms with Crippen molar-refractivity contribution >= 4 is 21.8 Å². The number of hydrogen-bond donors (Lipinski definition) is 2. The Bertz CT molecular complexity index is 685. The monoisotopic (exact) mass is 337 g/mol. The number of hydrogen-bond acceptors (Lipinski definition) is 4. The Morgan fingerprint density at radius 3 is 2.32 bits per heavy atom. The first-order chi connectivity index (χ1) is 10.5. The molecule has 2 N–H and O–H groups in total. The van der Waals surface area contributed by atoms with Crippen LogP contribution in [0.1, 0.15) is 17.2 Å². The molecule has 0 radical (unpaired) electrons. The van der Waals surface area contributed by atoms with Crippen molar-refractivity contribution < 1.29 is 13.5 Å². The summed E-state index contributed by atoms with van der Waals surface area (Å²) in [5.41, 5.74) is 1.41. The summed E-state index contributed by atoms with van der Waals surface area (Å²) in [5.74, 6) is -0.0913. The summed E-state index contributed by atoms with van der Waals surface area (Å²) in [7, 11) is -3.46. The Labute approximate surface area is 135 Å². The number of sulfonamides is 1. The summed E-state index contributed by atoms with van der Waals surface area (Å²) < 4.78 is 26.5. The van der Waals surface area contributed by atoms with Crippen LogP contribution < -0.4 is 4.72 Å². The molecule has 0 aliphatic rings. The fourth-order valence-corrected chi connectivity index (χ4v) is 3.55. The molecule has 4 nitrogen and oxygen atoms in total. The molecule has 0 spiro atoms. The second-order valence-electron chi connectivity index (χ2n) is 4.88. The fraction of sp³-hybridized carbons (Fsp3) is 0.250. The van der Waals surface area contributed by atoms with E-state index in [0.717, 1.165) is 4.90 Å². The van der Waals surface area contributed by atoms with Gasteiger partial charge < -0.3 is 5.11 Å². The molecular formula is C16H19NO3S2. The molecule has 2 aromatic carbocycles. The second-order valence-corrected chi connectivity index (χ2v) is 7.57. The summed E-state index contributed by atoms with van der Waals surface area (Å²) in [6, 6.07) is 16.4. The predicted molar refractivity (Wildman–Crippen MR) is 90.3 cm³/mol. The van der Waals surface area contributed by atoms with Crippen molar-refractivity contribution in [1.82, 2.24) is 4.72 Å². The van der Waals surface area contributed by atoms with Crippen LogP contribution >= 0.6 is 11.8 Å². The highest BCUT2D eigenvalue weighted by Crippen LogP contribution is 2.19. The smallest absolute Gasteiger partial charge is 0.215 e. The van der Waals surface area contributed by atoms with E-state index in [2.05, 4.69) is 4.72 Å². The van der Waals surface area contributed by atoms with Gasteiger partial charge in [-0.3, -0.25) is 0 Å². The Morgan fingerprint density at radius 2 is 1.73 bits per heavy atom. The van der Waals surface area contributed by atoms with Crippen molar-refractivity contribution in [3.63, 3.8) is 0 Å². The predicted octanol–water partition coefficient (Wildman–Crippen LogP) is 2.56. The molecular weight excluding hydrogens is 318 g/mol. The third-order valence-corrected chi connectivity index (χ3v) is 5.26. The SMILES string of the molecule is CSc1ccc(C(O)CNS(=O)(=O)Cc2ccccc2)cc1. The maximum atomic E-state index is 12.0. The zero-order valence-corrected chi connectivity index (χ0v) is 13.9. The molecule has 0 bridgehead atoms. The van der Waals surface area contributed by atoms with E-state index in [1.807, 2.05) is 36.6 Å². The fourth-order valence-electron chi connectivity index (χ4n) is 1.99.